The van der Waals surface area contributed by atoms with Crippen LogP contribution in [-0.2, 0) is 16.1 Å². The summed E-state index contributed by atoms with van der Waals surface area (Å²) in [5.74, 6) is 0.991. The molecule has 0 bridgehead atoms. The lowest BCUT2D eigenvalue weighted by Gasteiger charge is -2.32. The molecule has 0 atom stereocenters. The molecule has 2 fully saturated rings. The summed E-state index contributed by atoms with van der Waals surface area (Å²) in [5, 5.41) is 0. The van der Waals surface area contributed by atoms with E-state index < -0.39 is 0 Å². The number of likely N-dealkylation sites (tertiary alicyclic amines) is 1. The number of hydrogen-bond donors (Lipinski definition) is 2. The van der Waals surface area contributed by atoms with Gasteiger partial charge in [0, 0.05) is 32.6 Å². The molecule has 2 N–H and O–H groups in total. The van der Waals surface area contributed by atoms with Crippen molar-refractivity contribution in [2.24, 2.45) is 5.92 Å². The molecule has 0 saturated carbocycles. The zero-order chi connectivity index (χ0) is 16.6. The van der Waals surface area contributed by atoms with E-state index in [2.05, 4.69) is 23.0 Å². The molecule has 2 saturated heterocycles. The number of carbonyl (C=O) groups excluding carboxylic acids is 1. The first-order valence-electron chi connectivity index (χ1n) is 9.20. The first-order chi connectivity index (χ1) is 11.8. The number of amides is 1. The highest BCUT2D eigenvalue weighted by Crippen LogP contribution is 2.18. The lowest BCUT2D eigenvalue weighted by atomic mass is 10.0. The predicted molar refractivity (Wildman–Crippen MR) is 94.2 cm³/mol. The van der Waals surface area contributed by atoms with E-state index in [4.69, 9.17) is 4.74 Å². The van der Waals surface area contributed by atoms with Gasteiger partial charge < -0.3 is 9.64 Å². The minimum Gasteiger partial charge on any atom is -0.373 e. The molecule has 132 valence electrons. The van der Waals surface area contributed by atoms with Crippen molar-refractivity contribution in [3.63, 3.8) is 0 Å². The van der Waals surface area contributed by atoms with Crippen molar-refractivity contribution in [1.29, 1.82) is 0 Å². The summed E-state index contributed by atoms with van der Waals surface area (Å²) in [5.41, 5.74) is 7.50. The number of carbonyl (C=O) groups is 1. The fourth-order valence-electron chi connectivity index (χ4n) is 3.47. The van der Waals surface area contributed by atoms with E-state index >= 15 is 0 Å². The fraction of sp³-hybridized carbons (Fsp3) is 0.632. The average Bonchev–Trinajstić information content (AvgIpc) is 3.15. The summed E-state index contributed by atoms with van der Waals surface area (Å²) < 4.78 is 5.99. The average molecular weight is 331 g/mol. The quantitative estimate of drug-likeness (QED) is 0.803. The van der Waals surface area contributed by atoms with Crippen LogP contribution in [0.3, 0.4) is 0 Å². The molecule has 5 nitrogen and oxygen atoms in total. The smallest absolute Gasteiger partial charge is 0.222 e. The standard InChI is InChI=1S/C19H29N3O2/c23-19(8-4-7-17-13-20-21-14-17)22-11-9-18(10-12-22)24-15-16-5-2-1-3-6-16/h1-3,5-6,17-18,20-21H,4,7-15H2. The number of piperidine rings is 1. The third kappa shape index (κ3) is 5.30. The van der Waals surface area contributed by atoms with E-state index in [-0.39, 0.29) is 6.10 Å². The van der Waals surface area contributed by atoms with Crippen LogP contribution in [0.25, 0.3) is 0 Å². The number of rotatable bonds is 7. The molecule has 1 aromatic carbocycles. The largest absolute Gasteiger partial charge is 0.373 e. The van der Waals surface area contributed by atoms with Crippen LogP contribution in [-0.4, -0.2) is 43.1 Å². The molecule has 2 aliphatic rings. The molecule has 1 amide bonds. The third-order valence-corrected chi connectivity index (χ3v) is 5.03. The lowest BCUT2D eigenvalue weighted by Crippen LogP contribution is -2.40. The molecule has 3 rings (SSSR count). The van der Waals surface area contributed by atoms with Crippen LogP contribution in [0, 0.1) is 5.92 Å². The molecule has 2 heterocycles. The van der Waals surface area contributed by atoms with Gasteiger partial charge in [0.05, 0.1) is 12.7 Å². The van der Waals surface area contributed by atoms with Crippen LogP contribution < -0.4 is 10.9 Å². The van der Waals surface area contributed by atoms with E-state index in [1.54, 1.807) is 0 Å². The van der Waals surface area contributed by atoms with Gasteiger partial charge in [-0.05, 0) is 37.2 Å². The van der Waals surface area contributed by atoms with Gasteiger partial charge in [-0.2, -0.15) is 0 Å². The molecule has 0 radical (unpaired) electrons. The number of hydrazine groups is 1. The van der Waals surface area contributed by atoms with E-state index in [1.165, 1.54) is 5.56 Å². The van der Waals surface area contributed by atoms with E-state index in [9.17, 15) is 4.79 Å². The van der Waals surface area contributed by atoms with Crippen molar-refractivity contribution in [1.82, 2.24) is 15.8 Å². The Hall–Kier alpha value is -1.43. The molecule has 24 heavy (non-hydrogen) atoms. The predicted octanol–water partition coefficient (Wildman–Crippen LogP) is 2.09. The van der Waals surface area contributed by atoms with Crippen molar-refractivity contribution in [2.75, 3.05) is 26.2 Å². The molecule has 0 aromatic heterocycles. The van der Waals surface area contributed by atoms with E-state index in [1.807, 2.05) is 23.1 Å². The molecular formula is C19H29N3O2. The number of ether oxygens (including phenoxy) is 1. The van der Waals surface area contributed by atoms with Crippen LogP contribution in [0.5, 0.6) is 0 Å². The second-order valence-electron chi connectivity index (χ2n) is 6.90. The Morgan fingerprint density at radius 3 is 2.54 bits per heavy atom. The van der Waals surface area contributed by atoms with Crippen molar-refractivity contribution in [2.45, 2.75) is 44.8 Å². The van der Waals surface area contributed by atoms with Crippen LogP contribution in [0.4, 0.5) is 0 Å². The topological polar surface area (TPSA) is 53.6 Å². The van der Waals surface area contributed by atoms with Gasteiger partial charge in [-0.25, -0.2) is 0 Å². The van der Waals surface area contributed by atoms with Crippen LogP contribution >= 0.6 is 0 Å². The number of nitrogens with one attached hydrogen (secondary N) is 2. The molecule has 5 heteroatoms. The second-order valence-corrected chi connectivity index (χ2v) is 6.90. The minimum absolute atomic E-state index is 0.282. The monoisotopic (exact) mass is 331 g/mol. The number of nitrogens with zero attached hydrogens (tertiary/aromatic N) is 1. The highest BCUT2D eigenvalue weighted by molar-refractivity contribution is 5.76. The summed E-state index contributed by atoms with van der Waals surface area (Å²) in [7, 11) is 0. The molecule has 0 aliphatic carbocycles. The highest BCUT2D eigenvalue weighted by Gasteiger charge is 2.23. The third-order valence-electron chi connectivity index (χ3n) is 5.03. The summed E-state index contributed by atoms with van der Waals surface area (Å²) in [6.45, 7) is 4.40. The number of hydrogen-bond acceptors (Lipinski definition) is 4. The normalized spacial score (nSPS) is 19.8. The molecule has 0 spiro atoms. The van der Waals surface area contributed by atoms with Crippen LogP contribution in [0.2, 0.25) is 0 Å². The molecular weight excluding hydrogens is 302 g/mol. The van der Waals surface area contributed by atoms with Gasteiger partial charge in [0.1, 0.15) is 0 Å². The summed E-state index contributed by atoms with van der Waals surface area (Å²) >= 11 is 0. The Bertz CT molecular complexity index is 495. The Morgan fingerprint density at radius 1 is 1.12 bits per heavy atom. The molecule has 2 aliphatic heterocycles. The maximum atomic E-state index is 12.3. The van der Waals surface area contributed by atoms with Gasteiger partial charge in [0.15, 0.2) is 0 Å². The van der Waals surface area contributed by atoms with Crippen molar-refractivity contribution < 1.29 is 9.53 Å². The van der Waals surface area contributed by atoms with E-state index in [0.29, 0.717) is 24.9 Å². The van der Waals surface area contributed by atoms with Gasteiger partial charge in [-0.15, -0.1) is 0 Å². The molecule has 1 aromatic rings. The second kappa shape index (κ2) is 9.16. The maximum Gasteiger partial charge on any atom is 0.222 e. The maximum absolute atomic E-state index is 12.3. The summed E-state index contributed by atoms with van der Waals surface area (Å²) in [4.78, 5) is 14.3. The van der Waals surface area contributed by atoms with Gasteiger partial charge in [-0.1, -0.05) is 30.3 Å². The van der Waals surface area contributed by atoms with Crippen molar-refractivity contribution in [3.8, 4) is 0 Å². The van der Waals surface area contributed by atoms with Gasteiger partial charge in [0.2, 0.25) is 5.91 Å². The van der Waals surface area contributed by atoms with Crippen molar-refractivity contribution in [3.05, 3.63) is 35.9 Å². The first kappa shape index (κ1) is 17.4. The zero-order valence-corrected chi connectivity index (χ0v) is 14.4. The highest BCUT2D eigenvalue weighted by atomic mass is 16.5. The summed E-state index contributed by atoms with van der Waals surface area (Å²) in [6.07, 6.45) is 5.00. The SMILES string of the molecule is O=C(CCCC1CNNC1)N1CCC(OCc2ccccc2)CC1. The Kier molecular flexibility index (Phi) is 6.64. The summed E-state index contributed by atoms with van der Waals surface area (Å²) in [6, 6.07) is 10.3. The Balaban J connectivity index is 1.30. The van der Waals surface area contributed by atoms with Crippen LogP contribution in [0.15, 0.2) is 30.3 Å². The van der Waals surface area contributed by atoms with Gasteiger partial charge in [-0.3, -0.25) is 15.6 Å². The first-order valence-corrected chi connectivity index (χ1v) is 9.20. The van der Waals surface area contributed by atoms with E-state index in [0.717, 1.165) is 51.9 Å². The molecule has 0 unspecified atom stereocenters. The Morgan fingerprint density at radius 2 is 1.83 bits per heavy atom. The van der Waals surface area contributed by atoms with Gasteiger partial charge in [0.25, 0.3) is 0 Å². The number of benzene rings is 1. The van der Waals surface area contributed by atoms with Crippen LogP contribution in [0.1, 0.15) is 37.7 Å². The Labute approximate surface area is 144 Å². The zero-order valence-electron chi connectivity index (χ0n) is 14.4. The lowest BCUT2D eigenvalue weighted by molar-refractivity contribution is -0.134. The van der Waals surface area contributed by atoms with Crippen molar-refractivity contribution >= 4 is 5.91 Å². The fourth-order valence-corrected chi connectivity index (χ4v) is 3.47. The van der Waals surface area contributed by atoms with Gasteiger partial charge >= 0.3 is 0 Å². The minimum atomic E-state index is 0.282.